The zero-order valence-electron chi connectivity index (χ0n) is 9.78. The van der Waals surface area contributed by atoms with Gasteiger partial charge in [0.2, 0.25) is 0 Å². The van der Waals surface area contributed by atoms with E-state index in [1.807, 2.05) is 27.7 Å². The zero-order valence-corrected chi connectivity index (χ0v) is 9.78. The van der Waals surface area contributed by atoms with Gasteiger partial charge < -0.3 is 0 Å². The molecule has 0 saturated carbocycles. The first-order valence-corrected chi connectivity index (χ1v) is 4.96. The van der Waals surface area contributed by atoms with Crippen LogP contribution in [0.2, 0.25) is 0 Å². The van der Waals surface area contributed by atoms with E-state index in [-0.39, 0.29) is 0 Å². The van der Waals surface area contributed by atoms with Gasteiger partial charge in [0.25, 0.3) is 0 Å². The molecule has 0 spiro atoms. The fourth-order valence-electron chi connectivity index (χ4n) is 0.205. The Morgan fingerprint density at radius 3 is 0.923 bits per heavy atom. The van der Waals surface area contributed by atoms with Crippen molar-refractivity contribution >= 4 is 0 Å². The first-order chi connectivity index (χ1) is 6.41. The summed E-state index contributed by atoms with van der Waals surface area (Å²) in [4.78, 5) is 10.7. The Morgan fingerprint density at radius 2 is 0.846 bits per heavy atom. The van der Waals surface area contributed by atoms with Gasteiger partial charge in [-0.05, 0) is 0 Å². The van der Waals surface area contributed by atoms with Gasteiger partial charge >= 0.3 is 0 Å². The first kappa shape index (κ1) is 17.9. The molecule has 0 N–H and O–H groups in total. The highest BCUT2D eigenvalue weighted by Gasteiger charge is 1.59. The molecule has 0 aliphatic rings. The molecule has 0 fully saturated rings. The van der Waals surface area contributed by atoms with Crippen LogP contribution in [0.15, 0.2) is 19.0 Å². The molecule has 3 nitrogen and oxygen atoms in total. The molecule has 0 unspecified atom stereocenters. The lowest BCUT2D eigenvalue weighted by atomic mass is 10.6. The van der Waals surface area contributed by atoms with Crippen LogP contribution in [0.25, 0.3) is 0 Å². The van der Waals surface area contributed by atoms with Crippen LogP contribution in [0, 0.1) is 0 Å². The first-order valence-electron chi connectivity index (χ1n) is 4.96. The van der Waals surface area contributed by atoms with Crippen LogP contribution in [0.1, 0.15) is 48.0 Å². The fraction of sp³-hybridized carbons (Fsp3) is 0.700. The Balaban J connectivity index is -0.000000124. The second-order valence-corrected chi connectivity index (χ2v) is 1.50. The minimum atomic E-state index is 1.25. The predicted octanol–water partition coefficient (Wildman–Crippen LogP) is 3.34. The molecule has 0 bridgehead atoms. The summed E-state index contributed by atoms with van der Waals surface area (Å²) in [6.45, 7) is 12.2. The molecule has 1 aromatic heterocycles. The number of hydrogen-bond donors (Lipinski definition) is 0. The van der Waals surface area contributed by atoms with Gasteiger partial charge in [-0.3, -0.25) is 0 Å². The maximum absolute atomic E-state index is 3.56. The normalized spacial score (nSPS) is 6.00. The van der Waals surface area contributed by atoms with Crippen molar-refractivity contribution in [2.45, 2.75) is 48.0 Å². The van der Waals surface area contributed by atoms with Crippen LogP contribution in [-0.2, 0) is 0 Å². The predicted molar refractivity (Wildman–Crippen MR) is 58.5 cm³/mol. The molecule has 0 radical (unpaired) electrons. The van der Waals surface area contributed by atoms with E-state index in [1.165, 1.54) is 25.4 Å². The van der Waals surface area contributed by atoms with Gasteiger partial charge in [0, 0.05) is 0 Å². The van der Waals surface area contributed by atoms with Crippen LogP contribution in [0.5, 0.6) is 0 Å². The quantitative estimate of drug-likeness (QED) is 0.622. The van der Waals surface area contributed by atoms with E-state index in [0.717, 1.165) is 0 Å². The van der Waals surface area contributed by atoms with Crippen molar-refractivity contribution in [3.63, 3.8) is 0 Å². The minimum absolute atomic E-state index is 1.25. The second-order valence-electron chi connectivity index (χ2n) is 1.50. The third-order valence-corrected chi connectivity index (χ3v) is 0.400. The maximum Gasteiger partial charge on any atom is 0.119 e. The summed E-state index contributed by atoms with van der Waals surface area (Å²) in [6.07, 6.45) is 5.56. The van der Waals surface area contributed by atoms with Crippen LogP contribution >= 0.6 is 0 Å². The molecule has 0 saturated heterocycles. The van der Waals surface area contributed by atoms with Gasteiger partial charge in [0.05, 0.1) is 0 Å². The third-order valence-electron chi connectivity index (χ3n) is 0.400. The summed E-state index contributed by atoms with van der Waals surface area (Å²) < 4.78 is 0. The summed E-state index contributed by atoms with van der Waals surface area (Å²) in [7, 11) is 0. The van der Waals surface area contributed by atoms with Gasteiger partial charge in [0.1, 0.15) is 19.0 Å². The molecule has 1 aromatic rings. The molecule has 0 aromatic carbocycles. The molecule has 1 heterocycles. The Bertz CT molecular complexity index is 93.0. The van der Waals surface area contributed by atoms with Gasteiger partial charge in [-0.15, -0.1) is 0 Å². The largest absolute Gasteiger partial charge is 0.225 e. The molecule has 0 atom stereocenters. The minimum Gasteiger partial charge on any atom is -0.225 e. The Morgan fingerprint density at radius 1 is 0.692 bits per heavy atom. The average molecular weight is 185 g/mol. The van der Waals surface area contributed by atoms with E-state index >= 15 is 0 Å². The highest BCUT2D eigenvalue weighted by molar-refractivity contribution is 4.51. The summed E-state index contributed by atoms with van der Waals surface area (Å²) in [5.41, 5.74) is 0. The fourth-order valence-corrected chi connectivity index (χ4v) is 0.205. The van der Waals surface area contributed by atoms with E-state index in [1.54, 1.807) is 0 Å². The molecule has 1 rings (SSSR count). The summed E-state index contributed by atoms with van der Waals surface area (Å²) in [5.74, 6) is 0. The van der Waals surface area contributed by atoms with Gasteiger partial charge in [-0.1, -0.05) is 48.0 Å². The van der Waals surface area contributed by atoms with E-state index in [2.05, 4.69) is 28.8 Å². The van der Waals surface area contributed by atoms with Crippen molar-refractivity contribution in [1.29, 1.82) is 0 Å². The average Bonchev–Trinajstić information content (AvgIpc) is 2.27. The van der Waals surface area contributed by atoms with Crippen LogP contribution in [-0.4, -0.2) is 15.0 Å². The van der Waals surface area contributed by atoms with Crippen LogP contribution in [0.3, 0.4) is 0 Å². The second kappa shape index (κ2) is 30.5. The van der Waals surface area contributed by atoms with Crippen molar-refractivity contribution in [2.24, 2.45) is 0 Å². The molecule has 0 aliphatic carbocycles. The Labute approximate surface area is 82.7 Å². The van der Waals surface area contributed by atoms with Gasteiger partial charge in [0.15, 0.2) is 0 Å². The lowest BCUT2D eigenvalue weighted by Crippen LogP contribution is -1.73. The molecule has 0 amide bonds. The molecular weight excluding hydrogens is 162 g/mol. The van der Waals surface area contributed by atoms with E-state index in [9.17, 15) is 0 Å². The monoisotopic (exact) mass is 185 g/mol. The van der Waals surface area contributed by atoms with Crippen molar-refractivity contribution in [3.8, 4) is 0 Å². The van der Waals surface area contributed by atoms with Crippen molar-refractivity contribution < 1.29 is 0 Å². The summed E-state index contributed by atoms with van der Waals surface area (Å²) >= 11 is 0. The third kappa shape index (κ3) is 35.6. The number of hydrogen-bond acceptors (Lipinski definition) is 3. The van der Waals surface area contributed by atoms with E-state index < -0.39 is 0 Å². The highest BCUT2D eigenvalue weighted by atomic mass is 14.9. The number of rotatable bonds is 0. The van der Waals surface area contributed by atoms with Crippen molar-refractivity contribution in [3.05, 3.63) is 19.0 Å². The molecule has 0 aliphatic heterocycles. The Hall–Kier alpha value is -0.990. The zero-order chi connectivity index (χ0) is 10.9. The smallest absolute Gasteiger partial charge is 0.119 e. The topological polar surface area (TPSA) is 38.7 Å². The van der Waals surface area contributed by atoms with E-state index in [4.69, 9.17) is 0 Å². The SMILES string of the molecule is CC.CC.CCC.c1ncncn1. The van der Waals surface area contributed by atoms with Crippen molar-refractivity contribution in [1.82, 2.24) is 15.0 Å². The van der Waals surface area contributed by atoms with Crippen LogP contribution in [0.4, 0.5) is 0 Å². The number of nitrogens with zero attached hydrogens (tertiary/aromatic N) is 3. The lowest BCUT2D eigenvalue weighted by Gasteiger charge is -1.69. The van der Waals surface area contributed by atoms with E-state index in [0.29, 0.717) is 0 Å². The van der Waals surface area contributed by atoms with Gasteiger partial charge in [-0.25, -0.2) is 15.0 Å². The Kier molecular flexibility index (Phi) is 42.1. The summed E-state index contributed by atoms with van der Waals surface area (Å²) in [5, 5.41) is 0. The number of aromatic nitrogens is 3. The van der Waals surface area contributed by atoms with Gasteiger partial charge in [-0.2, -0.15) is 0 Å². The highest BCUT2D eigenvalue weighted by Crippen LogP contribution is 1.57. The molecular formula is C10H23N3. The molecule has 13 heavy (non-hydrogen) atoms. The molecule has 3 heteroatoms. The lowest BCUT2D eigenvalue weighted by molar-refractivity contribution is 1.05. The maximum atomic E-state index is 3.56. The van der Waals surface area contributed by atoms with Crippen LogP contribution < -0.4 is 0 Å². The summed E-state index contributed by atoms with van der Waals surface area (Å²) in [6, 6.07) is 0. The standard InChI is InChI=1S/C3H3N3.C3H8.2C2H6/c1-4-2-6-3-5-1;1-3-2;2*1-2/h1-3H;3H2,1-2H3;2*1-2H3. The molecule has 78 valence electrons. The van der Waals surface area contributed by atoms with Crippen molar-refractivity contribution in [2.75, 3.05) is 0 Å².